The van der Waals surface area contributed by atoms with E-state index in [1.807, 2.05) is 0 Å². The van der Waals surface area contributed by atoms with Gasteiger partial charge in [0.2, 0.25) is 0 Å². The average Bonchev–Trinajstić information content (AvgIpc) is 2.18. The number of phenols is 2. The van der Waals surface area contributed by atoms with E-state index >= 15 is 0 Å². The van der Waals surface area contributed by atoms with E-state index < -0.39 is 0 Å². The highest BCUT2D eigenvalue weighted by atomic mass is 35.5. The molecule has 84 valence electrons. The number of rotatable bonds is 1. The molecule has 1 aliphatic heterocycles. The van der Waals surface area contributed by atoms with Crippen molar-refractivity contribution in [1.82, 2.24) is 5.32 Å². The fourth-order valence-corrected chi connectivity index (χ4v) is 1.96. The zero-order chi connectivity index (χ0) is 9.97. The van der Waals surface area contributed by atoms with Crippen molar-refractivity contribution in [2.45, 2.75) is 25.3 Å². The van der Waals surface area contributed by atoms with Crippen LogP contribution in [0.4, 0.5) is 0 Å². The van der Waals surface area contributed by atoms with Crippen molar-refractivity contribution in [3.8, 4) is 11.5 Å². The molecule has 3 nitrogen and oxygen atoms in total. The Balaban J connectivity index is 0.00000112. The first-order valence-corrected chi connectivity index (χ1v) is 5.02. The minimum atomic E-state index is 0. The van der Waals surface area contributed by atoms with Crippen LogP contribution >= 0.6 is 12.4 Å². The summed E-state index contributed by atoms with van der Waals surface area (Å²) >= 11 is 0. The summed E-state index contributed by atoms with van der Waals surface area (Å²) in [7, 11) is 0. The van der Waals surface area contributed by atoms with Gasteiger partial charge in [-0.25, -0.2) is 0 Å². The third-order valence-corrected chi connectivity index (χ3v) is 2.64. The van der Waals surface area contributed by atoms with Crippen LogP contribution in [0.2, 0.25) is 0 Å². The molecular weight excluding hydrogens is 214 g/mol. The second kappa shape index (κ2) is 5.24. The third kappa shape index (κ3) is 3.01. The van der Waals surface area contributed by atoms with E-state index in [1.165, 1.54) is 18.9 Å². The Morgan fingerprint density at radius 2 is 1.73 bits per heavy atom. The molecule has 2 rings (SSSR count). The van der Waals surface area contributed by atoms with Gasteiger partial charge in [0.15, 0.2) is 0 Å². The van der Waals surface area contributed by atoms with Crippen LogP contribution in [0.5, 0.6) is 11.5 Å². The van der Waals surface area contributed by atoms with Gasteiger partial charge in [0.25, 0.3) is 0 Å². The van der Waals surface area contributed by atoms with Gasteiger partial charge in [-0.15, -0.1) is 12.4 Å². The van der Waals surface area contributed by atoms with Crippen LogP contribution in [0.3, 0.4) is 0 Å². The molecule has 1 atom stereocenters. The first-order valence-electron chi connectivity index (χ1n) is 5.02. The molecule has 0 unspecified atom stereocenters. The normalized spacial score (nSPS) is 20.7. The summed E-state index contributed by atoms with van der Waals surface area (Å²) in [6.45, 7) is 1.01. The van der Waals surface area contributed by atoms with E-state index in [0.29, 0.717) is 0 Å². The molecule has 0 bridgehead atoms. The summed E-state index contributed by atoms with van der Waals surface area (Å²) in [5.74, 6) is 0.264. The van der Waals surface area contributed by atoms with E-state index in [4.69, 9.17) is 0 Å². The largest absolute Gasteiger partial charge is 0.508 e. The van der Waals surface area contributed by atoms with Crippen LogP contribution < -0.4 is 5.32 Å². The molecule has 1 fully saturated rings. The van der Waals surface area contributed by atoms with E-state index in [2.05, 4.69) is 5.32 Å². The van der Waals surface area contributed by atoms with Crippen molar-refractivity contribution in [1.29, 1.82) is 0 Å². The fourth-order valence-electron chi connectivity index (χ4n) is 1.96. The smallest absolute Gasteiger partial charge is 0.119 e. The van der Waals surface area contributed by atoms with E-state index in [-0.39, 0.29) is 29.9 Å². The molecule has 15 heavy (non-hydrogen) atoms. The number of nitrogens with one attached hydrogen (secondary N) is 1. The number of piperidine rings is 1. The van der Waals surface area contributed by atoms with Crippen molar-refractivity contribution in [3.63, 3.8) is 0 Å². The average molecular weight is 230 g/mol. The lowest BCUT2D eigenvalue weighted by Crippen LogP contribution is -2.26. The van der Waals surface area contributed by atoms with Crippen LogP contribution in [0.15, 0.2) is 18.2 Å². The fraction of sp³-hybridized carbons (Fsp3) is 0.455. The lowest BCUT2D eigenvalue weighted by atomic mass is 9.97. The highest BCUT2D eigenvalue weighted by Gasteiger charge is 2.15. The Morgan fingerprint density at radius 3 is 2.27 bits per heavy atom. The Hall–Kier alpha value is -0.930. The molecule has 1 aromatic rings. The Morgan fingerprint density at radius 1 is 1.07 bits per heavy atom. The summed E-state index contributed by atoms with van der Waals surface area (Å²) in [6, 6.07) is 5.05. The molecule has 1 heterocycles. The maximum Gasteiger partial charge on any atom is 0.119 e. The number of phenolic OH excluding ortho intramolecular Hbond substituents is 2. The molecule has 0 amide bonds. The second-order valence-electron chi connectivity index (χ2n) is 3.79. The number of hydrogen-bond donors (Lipinski definition) is 3. The summed E-state index contributed by atoms with van der Waals surface area (Å²) in [5.41, 5.74) is 0.974. The van der Waals surface area contributed by atoms with E-state index in [0.717, 1.165) is 18.5 Å². The number of aromatic hydroxyl groups is 2. The summed E-state index contributed by atoms with van der Waals surface area (Å²) in [6.07, 6.45) is 3.48. The minimum absolute atomic E-state index is 0. The van der Waals surface area contributed by atoms with Gasteiger partial charge in [-0.3, -0.25) is 0 Å². The van der Waals surface area contributed by atoms with Crippen molar-refractivity contribution < 1.29 is 10.2 Å². The lowest BCUT2D eigenvalue weighted by molar-refractivity contribution is 0.404. The van der Waals surface area contributed by atoms with Crippen molar-refractivity contribution in [2.24, 2.45) is 0 Å². The molecule has 0 radical (unpaired) electrons. The molecule has 4 heteroatoms. The molecule has 0 spiro atoms. The number of benzene rings is 1. The third-order valence-electron chi connectivity index (χ3n) is 2.64. The van der Waals surface area contributed by atoms with Crippen LogP contribution in [0, 0.1) is 0 Å². The van der Waals surface area contributed by atoms with E-state index in [1.54, 1.807) is 12.1 Å². The molecule has 1 aliphatic rings. The van der Waals surface area contributed by atoms with Crippen molar-refractivity contribution in [3.05, 3.63) is 23.8 Å². The van der Waals surface area contributed by atoms with Crippen LogP contribution in [0.1, 0.15) is 30.9 Å². The Labute approximate surface area is 95.5 Å². The van der Waals surface area contributed by atoms with Gasteiger partial charge in [-0.2, -0.15) is 0 Å². The zero-order valence-electron chi connectivity index (χ0n) is 8.44. The maximum atomic E-state index is 9.34. The zero-order valence-corrected chi connectivity index (χ0v) is 9.26. The van der Waals surface area contributed by atoms with Gasteiger partial charge in [0.05, 0.1) is 0 Å². The second-order valence-corrected chi connectivity index (χ2v) is 3.79. The van der Waals surface area contributed by atoms with Gasteiger partial charge in [-0.1, -0.05) is 6.42 Å². The number of halogens is 1. The quantitative estimate of drug-likeness (QED) is 0.693. The van der Waals surface area contributed by atoms with Gasteiger partial charge in [0, 0.05) is 12.1 Å². The van der Waals surface area contributed by atoms with Gasteiger partial charge >= 0.3 is 0 Å². The predicted molar refractivity (Wildman–Crippen MR) is 61.6 cm³/mol. The molecule has 0 aliphatic carbocycles. The van der Waals surface area contributed by atoms with Crippen LogP contribution in [-0.2, 0) is 0 Å². The van der Waals surface area contributed by atoms with Crippen molar-refractivity contribution in [2.75, 3.05) is 6.54 Å². The van der Waals surface area contributed by atoms with Gasteiger partial charge < -0.3 is 15.5 Å². The first kappa shape index (κ1) is 12.1. The van der Waals surface area contributed by atoms with Crippen molar-refractivity contribution >= 4 is 12.4 Å². The molecular formula is C11H16ClNO2. The Bertz CT molecular complexity index is 304. The molecule has 1 saturated heterocycles. The maximum absolute atomic E-state index is 9.34. The standard InChI is InChI=1S/C11H15NO2.ClH/c13-9-5-8(6-10(14)7-9)11-3-1-2-4-12-11;/h5-7,11-14H,1-4H2;1H/t11-;/m1./s1. The summed E-state index contributed by atoms with van der Waals surface area (Å²) in [4.78, 5) is 0. The molecule has 3 N–H and O–H groups in total. The highest BCUT2D eigenvalue weighted by Crippen LogP contribution is 2.29. The SMILES string of the molecule is Cl.Oc1cc(O)cc([C@H]2CCCCN2)c1. The monoisotopic (exact) mass is 229 g/mol. The van der Waals surface area contributed by atoms with Gasteiger partial charge in [0.1, 0.15) is 11.5 Å². The summed E-state index contributed by atoms with van der Waals surface area (Å²) in [5, 5.41) is 22.0. The van der Waals surface area contributed by atoms with Crippen LogP contribution in [-0.4, -0.2) is 16.8 Å². The Kier molecular flexibility index (Phi) is 4.24. The topological polar surface area (TPSA) is 52.5 Å². The minimum Gasteiger partial charge on any atom is -0.508 e. The lowest BCUT2D eigenvalue weighted by Gasteiger charge is -2.23. The van der Waals surface area contributed by atoms with E-state index in [9.17, 15) is 10.2 Å². The predicted octanol–water partition coefficient (Wildman–Crippen LogP) is 2.33. The molecule has 0 saturated carbocycles. The van der Waals surface area contributed by atoms with Gasteiger partial charge in [-0.05, 0) is 37.1 Å². The van der Waals surface area contributed by atoms with Crippen LogP contribution in [0.25, 0.3) is 0 Å². The number of hydrogen-bond acceptors (Lipinski definition) is 3. The first-order chi connectivity index (χ1) is 6.75. The molecule has 0 aromatic heterocycles. The molecule has 1 aromatic carbocycles. The highest BCUT2D eigenvalue weighted by molar-refractivity contribution is 5.85. The summed E-state index contributed by atoms with van der Waals surface area (Å²) < 4.78 is 0.